The second kappa shape index (κ2) is 4.81. The Kier molecular flexibility index (Phi) is 3.14. The number of hydrogen-bond donors (Lipinski definition) is 1. The molecule has 3 heterocycles. The molecule has 0 bridgehead atoms. The molecule has 0 spiro atoms. The third-order valence-electron chi connectivity index (χ3n) is 3.80. The van der Waals surface area contributed by atoms with Crippen LogP contribution in [0.5, 0.6) is 0 Å². The van der Waals surface area contributed by atoms with E-state index in [1.807, 2.05) is 0 Å². The summed E-state index contributed by atoms with van der Waals surface area (Å²) in [6, 6.07) is 3.16. The molecule has 100 valence electrons. The molecule has 0 saturated carbocycles. The monoisotopic (exact) mass is 279 g/mol. The number of likely N-dealkylation sites (tertiary alicyclic amines) is 1. The second-order valence-corrected chi connectivity index (χ2v) is 5.36. The van der Waals surface area contributed by atoms with E-state index in [0.29, 0.717) is 23.8 Å². The topological polar surface area (TPSA) is 62.3 Å². The summed E-state index contributed by atoms with van der Waals surface area (Å²) in [4.78, 5) is 30.0. The van der Waals surface area contributed by atoms with Crippen LogP contribution in [0.15, 0.2) is 18.3 Å². The van der Waals surface area contributed by atoms with Gasteiger partial charge in [-0.25, -0.2) is 0 Å². The first-order valence-electron chi connectivity index (χ1n) is 6.37. The Morgan fingerprint density at radius 2 is 2.37 bits per heavy atom. The summed E-state index contributed by atoms with van der Waals surface area (Å²) in [5, 5.41) is 3.32. The van der Waals surface area contributed by atoms with Crippen LogP contribution in [0.3, 0.4) is 0 Å². The van der Waals surface area contributed by atoms with Gasteiger partial charge in [0.15, 0.2) is 0 Å². The normalized spacial score (nSPS) is 25.9. The first kappa shape index (κ1) is 12.4. The summed E-state index contributed by atoms with van der Waals surface area (Å²) in [7, 11) is 0. The molecule has 2 fully saturated rings. The van der Waals surface area contributed by atoms with Gasteiger partial charge in [-0.15, -0.1) is 0 Å². The fourth-order valence-corrected chi connectivity index (χ4v) is 3.03. The molecular weight excluding hydrogens is 266 g/mol. The molecule has 1 N–H and O–H groups in total. The van der Waals surface area contributed by atoms with Crippen LogP contribution in [-0.4, -0.2) is 40.8 Å². The van der Waals surface area contributed by atoms with Gasteiger partial charge in [-0.2, -0.15) is 0 Å². The number of carbonyl (C=O) groups excluding carboxylic acids is 2. The van der Waals surface area contributed by atoms with Crippen molar-refractivity contribution in [3.05, 3.63) is 29.0 Å². The van der Waals surface area contributed by atoms with Crippen LogP contribution in [0.1, 0.15) is 23.3 Å². The van der Waals surface area contributed by atoms with Crippen molar-refractivity contribution < 1.29 is 9.59 Å². The van der Waals surface area contributed by atoms with E-state index >= 15 is 0 Å². The van der Waals surface area contributed by atoms with E-state index in [1.54, 1.807) is 17.0 Å². The summed E-state index contributed by atoms with van der Waals surface area (Å²) in [5.41, 5.74) is 0.340. The average Bonchev–Trinajstić information content (AvgIpc) is 2.80. The van der Waals surface area contributed by atoms with Crippen LogP contribution in [0, 0.1) is 5.92 Å². The Labute approximate surface area is 115 Å². The van der Waals surface area contributed by atoms with Crippen LogP contribution >= 0.6 is 11.6 Å². The predicted octanol–water partition coefficient (Wildman–Crippen LogP) is 1.09. The van der Waals surface area contributed by atoms with Crippen molar-refractivity contribution in [2.24, 2.45) is 5.92 Å². The Hall–Kier alpha value is -1.62. The molecule has 2 aliphatic heterocycles. The minimum Gasteiger partial charge on any atom is -0.354 e. The smallest absolute Gasteiger partial charge is 0.272 e. The summed E-state index contributed by atoms with van der Waals surface area (Å²) in [6.07, 6.45) is 3.22. The zero-order valence-corrected chi connectivity index (χ0v) is 11.1. The highest BCUT2D eigenvalue weighted by Gasteiger charge is 2.42. The largest absolute Gasteiger partial charge is 0.354 e. The molecule has 0 aliphatic carbocycles. The zero-order chi connectivity index (χ0) is 13.4. The standard InChI is InChI=1S/C13H14ClN3O2/c14-8-3-4-15-10(6-8)13(19)17-5-1-2-9-11(17)7-16-12(9)18/h3-4,6,9,11H,1-2,5,7H2,(H,16,18). The van der Waals surface area contributed by atoms with Gasteiger partial charge in [0.2, 0.25) is 5.91 Å². The van der Waals surface area contributed by atoms with Crippen molar-refractivity contribution in [1.82, 2.24) is 15.2 Å². The van der Waals surface area contributed by atoms with Gasteiger partial charge in [0, 0.05) is 24.3 Å². The first-order valence-corrected chi connectivity index (χ1v) is 6.75. The Bertz CT molecular complexity index is 534. The van der Waals surface area contributed by atoms with Crippen molar-refractivity contribution in [2.45, 2.75) is 18.9 Å². The lowest BCUT2D eigenvalue weighted by atomic mass is 9.91. The van der Waals surface area contributed by atoms with Gasteiger partial charge in [-0.1, -0.05) is 11.6 Å². The average molecular weight is 280 g/mol. The van der Waals surface area contributed by atoms with Crippen LogP contribution < -0.4 is 5.32 Å². The molecule has 0 radical (unpaired) electrons. The fourth-order valence-electron chi connectivity index (χ4n) is 2.87. The third-order valence-corrected chi connectivity index (χ3v) is 4.04. The number of amides is 2. The van der Waals surface area contributed by atoms with Crippen LogP contribution in [0.25, 0.3) is 0 Å². The Morgan fingerprint density at radius 1 is 1.53 bits per heavy atom. The molecule has 2 amide bonds. The van der Waals surface area contributed by atoms with E-state index in [0.717, 1.165) is 12.8 Å². The minimum atomic E-state index is -0.145. The Morgan fingerprint density at radius 3 is 3.16 bits per heavy atom. The highest BCUT2D eigenvalue weighted by Crippen LogP contribution is 2.28. The lowest BCUT2D eigenvalue weighted by Crippen LogP contribution is -2.48. The first-order chi connectivity index (χ1) is 9.16. The number of piperidine rings is 1. The number of rotatable bonds is 1. The molecule has 3 rings (SSSR count). The van der Waals surface area contributed by atoms with Gasteiger partial charge in [0.05, 0.1) is 12.0 Å². The van der Waals surface area contributed by atoms with Crippen LogP contribution in [0.2, 0.25) is 5.02 Å². The molecule has 6 heteroatoms. The molecule has 0 aromatic carbocycles. The number of halogens is 1. The fraction of sp³-hybridized carbons (Fsp3) is 0.462. The van der Waals surface area contributed by atoms with Crippen LogP contribution in [-0.2, 0) is 4.79 Å². The quantitative estimate of drug-likeness (QED) is 0.837. The van der Waals surface area contributed by atoms with Crippen molar-refractivity contribution in [2.75, 3.05) is 13.1 Å². The van der Waals surface area contributed by atoms with Gasteiger partial charge in [-0.3, -0.25) is 14.6 Å². The van der Waals surface area contributed by atoms with Crippen molar-refractivity contribution in [1.29, 1.82) is 0 Å². The summed E-state index contributed by atoms with van der Waals surface area (Å²) in [6.45, 7) is 1.21. The lowest BCUT2D eigenvalue weighted by molar-refractivity contribution is -0.123. The lowest BCUT2D eigenvalue weighted by Gasteiger charge is -2.35. The highest BCUT2D eigenvalue weighted by atomic mass is 35.5. The number of nitrogens with one attached hydrogen (secondary N) is 1. The van der Waals surface area contributed by atoms with E-state index in [2.05, 4.69) is 10.3 Å². The van der Waals surface area contributed by atoms with Crippen molar-refractivity contribution in [3.63, 3.8) is 0 Å². The highest BCUT2D eigenvalue weighted by molar-refractivity contribution is 6.30. The number of pyridine rings is 1. The molecule has 19 heavy (non-hydrogen) atoms. The summed E-state index contributed by atoms with van der Waals surface area (Å²) >= 11 is 5.89. The van der Waals surface area contributed by atoms with E-state index in [-0.39, 0.29) is 23.8 Å². The summed E-state index contributed by atoms with van der Waals surface area (Å²) < 4.78 is 0. The molecule has 1 aromatic heterocycles. The van der Waals surface area contributed by atoms with E-state index in [9.17, 15) is 9.59 Å². The number of fused-ring (bicyclic) bond motifs is 1. The zero-order valence-electron chi connectivity index (χ0n) is 10.3. The molecule has 5 nitrogen and oxygen atoms in total. The van der Waals surface area contributed by atoms with Gasteiger partial charge in [-0.05, 0) is 25.0 Å². The molecule has 2 aliphatic rings. The number of aromatic nitrogens is 1. The van der Waals surface area contributed by atoms with Crippen LogP contribution in [0.4, 0.5) is 0 Å². The van der Waals surface area contributed by atoms with E-state index in [4.69, 9.17) is 11.6 Å². The third kappa shape index (κ3) is 2.18. The number of carbonyl (C=O) groups is 2. The predicted molar refractivity (Wildman–Crippen MR) is 69.8 cm³/mol. The maximum absolute atomic E-state index is 12.5. The van der Waals surface area contributed by atoms with Gasteiger partial charge >= 0.3 is 0 Å². The Balaban J connectivity index is 1.85. The molecule has 1 aromatic rings. The second-order valence-electron chi connectivity index (χ2n) is 4.92. The summed E-state index contributed by atoms with van der Waals surface area (Å²) in [5.74, 6) is -0.160. The maximum Gasteiger partial charge on any atom is 0.272 e. The van der Waals surface area contributed by atoms with E-state index in [1.165, 1.54) is 6.20 Å². The number of nitrogens with zero attached hydrogens (tertiary/aromatic N) is 2. The molecule has 2 saturated heterocycles. The van der Waals surface area contributed by atoms with Gasteiger partial charge < -0.3 is 10.2 Å². The molecule has 2 unspecified atom stereocenters. The van der Waals surface area contributed by atoms with Gasteiger partial charge in [0.25, 0.3) is 5.91 Å². The minimum absolute atomic E-state index is 0.0467. The SMILES string of the molecule is O=C1NCC2C1CCCN2C(=O)c1cc(Cl)ccn1. The molecule has 2 atom stereocenters. The van der Waals surface area contributed by atoms with Crippen molar-refractivity contribution in [3.8, 4) is 0 Å². The maximum atomic E-state index is 12.5. The van der Waals surface area contributed by atoms with E-state index < -0.39 is 0 Å². The van der Waals surface area contributed by atoms with Crippen molar-refractivity contribution >= 4 is 23.4 Å². The van der Waals surface area contributed by atoms with Gasteiger partial charge in [0.1, 0.15) is 5.69 Å². The molecular formula is C13H14ClN3O2. The number of hydrogen-bond acceptors (Lipinski definition) is 3.